The van der Waals surface area contributed by atoms with E-state index in [1.807, 2.05) is 43.3 Å². The van der Waals surface area contributed by atoms with Crippen LogP contribution in [0, 0.1) is 6.92 Å². The van der Waals surface area contributed by atoms with E-state index in [0.29, 0.717) is 11.1 Å². The molecule has 128 valence electrons. The van der Waals surface area contributed by atoms with Gasteiger partial charge in [0, 0.05) is 16.7 Å². The van der Waals surface area contributed by atoms with E-state index >= 15 is 0 Å². The molecule has 1 heterocycles. The molecule has 26 heavy (non-hydrogen) atoms. The van der Waals surface area contributed by atoms with Gasteiger partial charge in [-0.15, -0.1) is 11.3 Å². The minimum Gasteiger partial charge on any atom is -0.497 e. The number of para-hydroxylation sites is 1. The van der Waals surface area contributed by atoms with Gasteiger partial charge in [-0.2, -0.15) is 0 Å². The Balaban J connectivity index is 1.82. The summed E-state index contributed by atoms with van der Waals surface area (Å²) in [7, 11) is 1.61. The molecule has 0 aliphatic heterocycles. The Morgan fingerprint density at radius 3 is 2.50 bits per heavy atom. The number of carbonyl (C=O) groups is 1. The summed E-state index contributed by atoms with van der Waals surface area (Å²) >= 11 is 1.61. The zero-order valence-corrected chi connectivity index (χ0v) is 15.3. The van der Waals surface area contributed by atoms with Gasteiger partial charge < -0.3 is 4.74 Å². The number of aromatic nitrogens is 1. The van der Waals surface area contributed by atoms with Gasteiger partial charge >= 0.3 is 0 Å². The normalized spacial score (nSPS) is 10.8. The van der Waals surface area contributed by atoms with Crippen molar-refractivity contribution in [3.63, 3.8) is 0 Å². The highest BCUT2D eigenvalue weighted by Crippen LogP contribution is 2.33. The second kappa shape index (κ2) is 6.73. The number of nitrogens with zero attached hydrogens (tertiary/aromatic N) is 1. The Hall–Kier alpha value is -2.98. The summed E-state index contributed by atoms with van der Waals surface area (Å²) < 4.78 is 6.29. The van der Waals surface area contributed by atoms with Gasteiger partial charge in [-0.25, -0.2) is 4.98 Å². The highest BCUT2D eigenvalue weighted by atomic mass is 32.1. The standard InChI is InChI=1S/C22H17NO2S/c1-14-7-12-17(21(24)15-8-10-16(25-2)11-9-15)18(13-14)22-23-19-5-3-4-6-20(19)26-22/h3-13H,1-2H3. The van der Waals surface area contributed by atoms with Crippen molar-refractivity contribution < 1.29 is 9.53 Å². The first-order valence-corrected chi connectivity index (χ1v) is 9.13. The molecule has 0 aliphatic rings. The molecule has 4 heteroatoms. The molecule has 4 rings (SSSR count). The maximum absolute atomic E-state index is 13.1. The number of carbonyl (C=O) groups excluding carboxylic acids is 1. The predicted octanol–water partition coefficient (Wildman–Crippen LogP) is 5.51. The Kier molecular flexibility index (Phi) is 4.27. The van der Waals surface area contributed by atoms with Crippen molar-refractivity contribution in [3.8, 4) is 16.3 Å². The zero-order chi connectivity index (χ0) is 18.1. The molecule has 4 aromatic rings. The highest BCUT2D eigenvalue weighted by Gasteiger charge is 2.17. The zero-order valence-electron chi connectivity index (χ0n) is 14.5. The van der Waals surface area contributed by atoms with Gasteiger partial charge in [0.2, 0.25) is 0 Å². The molecule has 0 spiro atoms. The fourth-order valence-electron chi connectivity index (χ4n) is 2.92. The van der Waals surface area contributed by atoms with E-state index in [-0.39, 0.29) is 5.78 Å². The molecule has 3 aromatic carbocycles. The lowest BCUT2D eigenvalue weighted by atomic mass is 9.97. The lowest BCUT2D eigenvalue weighted by Gasteiger charge is -2.08. The average molecular weight is 359 g/mol. The molecule has 0 atom stereocenters. The molecule has 3 nitrogen and oxygen atoms in total. The van der Waals surface area contributed by atoms with Gasteiger partial charge in [0.1, 0.15) is 10.8 Å². The number of benzene rings is 3. The number of methoxy groups -OCH3 is 1. The van der Waals surface area contributed by atoms with Gasteiger partial charge in [-0.1, -0.05) is 29.8 Å². The molecule has 0 bridgehead atoms. The number of fused-ring (bicyclic) bond motifs is 1. The van der Waals surface area contributed by atoms with Crippen LogP contribution in [-0.4, -0.2) is 17.9 Å². The minimum absolute atomic E-state index is 0.0121. The van der Waals surface area contributed by atoms with Crippen molar-refractivity contribution >= 4 is 27.3 Å². The van der Waals surface area contributed by atoms with Crippen LogP contribution in [0.2, 0.25) is 0 Å². The van der Waals surface area contributed by atoms with Crippen LogP contribution in [0.15, 0.2) is 66.7 Å². The van der Waals surface area contributed by atoms with Crippen LogP contribution in [0.1, 0.15) is 21.5 Å². The summed E-state index contributed by atoms with van der Waals surface area (Å²) in [5.41, 5.74) is 4.24. The van der Waals surface area contributed by atoms with Gasteiger partial charge in [0.15, 0.2) is 5.78 Å². The first-order valence-electron chi connectivity index (χ1n) is 8.31. The van der Waals surface area contributed by atoms with Crippen LogP contribution >= 0.6 is 11.3 Å². The second-order valence-corrected chi connectivity index (χ2v) is 7.12. The van der Waals surface area contributed by atoms with Gasteiger partial charge in [0.25, 0.3) is 0 Å². The molecule has 0 unspecified atom stereocenters. The molecular formula is C22H17NO2S. The number of hydrogen-bond acceptors (Lipinski definition) is 4. The third-order valence-electron chi connectivity index (χ3n) is 4.30. The van der Waals surface area contributed by atoms with E-state index in [2.05, 4.69) is 6.07 Å². The largest absolute Gasteiger partial charge is 0.497 e. The number of thiazole rings is 1. The molecule has 0 radical (unpaired) electrons. The predicted molar refractivity (Wildman–Crippen MR) is 106 cm³/mol. The topological polar surface area (TPSA) is 39.2 Å². The lowest BCUT2D eigenvalue weighted by Crippen LogP contribution is -2.04. The Bertz CT molecular complexity index is 1060. The van der Waals surface area contributed by atoms with Gasteiger partial charge in [-0.3, -0.25) is 4.79 Å². The maximum Gasteiger partial charge on any atom is 0.193 e. The van der Waals surface area contributed by atoms with Crippen molar-refractivity contribution in [3.05, 3.63) is 83.4 Å². The van der Waals surface area contributed by atoms with E-state index in [1.165, 1.54) is 0 Å². The van der Waals surface area contributed by atoms with Crippen molar-refractivity contribution in [2.75, 3.05) is 7.11 Å². The molecular weight excluding hydrogens is 342 g/mol. The number of aryl methyl sites for hydroxylation is 1. The summed E-state index contributed by atoms with van der Waals surface area (Å²) in [6, 6.07) is 21.1. The Labute approximate surface area is 155 Å². The molecule has 0 fully saturated rings. The molecule has 0 amide bonds. The second-order valence-electron chi connectivity index (χ2n) is 6.09. The molecule has 0 aliphatic carbocycles. The molecule has 1 aromatic heterocycles. The quantitative estimate of drug-likeness (QED) is 0.451. The maximum atomic E-state index is 13.1. The van der Waals surface area contributed by atoms with E-state index in [1.54, 1.807) is 42.7 Å². The SMILES string of the molecule is COc1ccc(C(=O)c2ccc(C)cc2-c2nc3ccccc3s2)cc1. The van der Waals surface area contributed by atoms with Crippen LogP contribution in [0.5, 0.6) is 5.75 Å². The highest BCUT2D eigenvalue weighted by molar-refractivity contribution is 7.21. The lowest BCUT2D eigenvalue weighted by molar-refractivity contribution is 0.103. The van der Waals surface area contributed by atoms with Crippen molar-refractivity contribution in [1.29, 1.82) is 0 Å². The van der Waals surface area contributed by atoms with Crippen molar-refractivity contribution in [2.45, 2.75) is 6.92 Å². The van der Waals surface area contributed by atoms with Crippen molar-refractivity contribution in [2.24, 2.45) is 0 Å². The summed E-state index contributed by atoms with van der Waals surface area (Å²) in [6.07, 6.45) is 0. The summed E-state index contributed by atoms with van der Waals surface area (Å²) in [4.78, 5) is 17.8. The van der Waals surface area contributed by atoms with Gasteiger partial charge in [-0.05, 0) is 49.4 Å². The fourth-order valence-corrected chi connectivity index (χ4v) is 3.91. The van der Waals surface area contributed by atoms with Crippen LogP contribution in [0.4, 0.5) is 0 Å². The van der Waals surface area contributed by atoms with Gasteiger partial charge in [0.05, 0.1) is 17.3 Å². The Morgan fingerprint density at radius 1 is 1.00 bits per heavy atom. The first-order chi connectivity index (χ1) is 12.7. The van der Waals surface area contributed by atoms with Crippen LogP contribution in [-0.2, 0) is 0 Å². The molecule has 0 N–H and O–H groups in total. The number of ether oxygens (including phenoxy) is 1. The summed E-state index contributed by atoms with van der Waals surface area (Å²) in [5, 5.41) is 0.867. The minimum atomic E-state index is -0.0121. The molecule has 0 saturated heterocycles. The van der Waals surface area contributed by atoms with E-state index in [4.69, 9.17) is 9.72 Å². The number of rotatable bonds is 4. The van der Waals surface area contributed by atoms with Crippen LogP contribution in [0.25, 0.3) is 20.8 Å². The third kappa shape index (κ3) is 3.00. The Morgan fingerprint density at radius 2 is 1.77 bits per heavy atom. The molecule has 0 saturated carbocycles. The van der Waals surface area contributed by atoms with Crippen molar-refractivity contribution in [1.82, 2.24) is 4.98 Å². The van der Waals surface area contributed by atoms with Crippen LogP contribution in [0.3, 0.4) is 0 Å². The van der Waals surface area contributed by atoms with Crippen LogP contribution < -0.4 is 4.74 Å². The average Bonchev–Trinajstić information content (AvgIpc) is 3.11. The summed E-state index contributed by atoms with van der Waals surface area (Å²) in [5.74, 6) is 0.721. The van der Waals surface area contributed by atoms with E-state index in [9.17, 15) is 4.79 Å². The first kappa shape index (κ1) is 16.5. The number of ketones is 1. The smallest absolute Gasteiger partial charge is 0.193 e. The monoisotopic (exact) mass is 359 g/mol. The fraction of sp³-hybridized carbons (Fsp3) is 0.0909. The van der Waals surface area contributed by atoms with E-state index in [0.717, 1.165) is 32.1 Å². The number of hydrogen-bond donors (Lipinski definition) is 0. The van der Waals surface area contributed by atoms with E-state index < -0.39 is 0 Å². The summed E-state index contributed by atoms with van der Waals surface area (Å²) in [6.45, 7) is 2.03. The third-order valence-corrected chi connectivity index (χ3v) is 5.37.